The largest absolute Gasteiger partial charge is 0.481 e. The van der Waals surface area contributed by atoms with Crippen molar-refractivity contribution in [2.24, 2.45) is 5.92 Å². The first-order chi connectivity index (χ1) is 12.0. The van der Waals surface area contributed by atoms with Gasteiger partial charge in [0.1, 0.15) is 5.60 Å². The van der Waals surface area contributed by atoms with Crippen LogP contribution in [0.3, 0.4) is 0 Å². The second kappa shape index (κ2) is 7.63. The van der Waals surface area contributed by atoms with Crippen LogP contribution in [0, 0.1) is 5.92 Å². The fraction of sp³-hybridized carbons (Fsp3) is 0.529. The first-order valence-corrected chi connectivity index (χ1v) is 9.76. The highest BCUT2D eigenvalue weighted by molar-refractivity contribution is 7.89. The van der Waals surface area contributed by atoms with E-state index in [1.165, 1.54) is 28.6 Å². The fourth-order valence-corrected chi connectivity index (χ4v) is 4.17. The molecule has 1 saturated heterocycles. The average molecular weight is 384 g/mol. The van der Waals surface area contributed by atoms with Crippen molar-refractivity contribution in [3.8, 4) is 0 Å². The van der Waals surface area contributed by atoms with Crippen molar-refractivity contribution in [1.29, 1.82) is 0 Å². The maximum atomic E-state index is 12.7. The molecule has 8 nitrogen and oxygen atoms in total. The number of hydrogen-bond acceptors (Lipinski definition) is 5. The second-order valence-corrected chi connectivity index (χ2v) is 9.13. The van der Waals surface area contributed by atoms with Crippen LogP contribution in [0.4, 0.5) is 10.5 Å². The van der Waals surface area contributed by atoms with Crippen LogP contribution in [-0.4, -0.2) is 48.6 Å². The van der Waals surface area contributed by atoms with E-state index in [9.17, 15) is 18.0 Å². The number of carbonyl (C=O) groups is 2. The number of carbonyl (C=O) groups excluding carboxylic acids is 1. The van der Waals surface area contributed by atoms with Gasteiger partial charge in [-0.05, 0) is 57.9 Å². The molecule has 9 heteroatoms. The molecule has 0 spiro atoms. The molecule has 1 aliphatic heterocycles. The third kappa shape index (κ3) is 5.18. The number of carboxylic acid groups (broad SMARTS) is 1. The Morgan fingerprint density at radius 2 is 1.85 bits per heavy atom. The third-order valence-electron chi connectivity index (χ3n) is 3.87. The molecule has 0 saturated carbocycles. The third-order valence-corrected chi connectivity index (χ3v) is 5.75. The lowest BCUT2D eigenvalue weighted by Gasteiger charge is -2.29. The lowest BCUT2D eigenvalue weighted by Crippen LogP contribution is -2.42. The summed E-state index contributed by atoms with van der Waals surface area (Å²) in [5.74, 6) is -1.67. The van der Waals surface area contributed by atoms with Gasteiger partial charge in [0.15, 0.2) is 0 Å². The summed E-state index contributed by atoms with van der Waals surface area (Å²) in [7, 11) is -3.78. The minimum atomic E-state index is -3.78. The predicted molar refractivity (Wildman–Crippen MR) is 95.4 cm³/mol. The molecule has 26 heavy (non-hydrogen) atoms. The summed E-state index contributed by atoms with van der Waals surface area (Å²) < 4.78 is 31.7. The van der Waals surface area contributed by atoms with Gasteiger partial charge in [-0.2, -0.15) is 4.31 Å². The Kier molecular flexibility index (Phi) is 5.92. The Morgan fingerprint density at radius 3 is 2.38 bits per heavy atom. The van der Waals surface area contributed by atoms with Crippen molar-refractivity contribution in [3.05, 3.63) is 24.3 Å². The van der Waals surface area contributed by atoms with Gasteiger partial charge in [-0.3, -0.25) is 10.1 Å². The number of nitrogens with zero attached hydrogens (tertiary/aromatic N) is 1. The standard InChI is InChI=1S/C17H24N2O6S/c1-17(2,3)25-16(22)18-13-6-8-14(9-7-13)26(23,24)19-10-4-5-12(11-19)15(20)21/h6-9,12H,4-5,10-11H2,1-3H3,(H,18,22)(H,20,21). The smallest absolute Gasteiger partial charge is 0.412 e. The van der Waals surface area contributed by atoms with Gasteiger partial charge >= 0.3 is 12.1 Å². The Balaban J connectivity index is 2.09. The van der Waals surface area contributed by atoms with Gasteiger partial charge in [-0.1, -0.05) is 0 Å². The van der Waals surface area contributed by atoms with Crippen LogP contribution >= 0.6 is 0 Å². The number of nitrogens with one attached hydrogen (secondary N) is 1. The molecule has 1 amide bonds. The van der Waals surface area contributed by atoms with E-state index in [4.69, 9.17) is 9.84 Å². The van der Waals surface area contributed by atoms with Crippen molar-refractivity contribution in [3.63, 3.8) is 0 Å². The van der Waals surface area contributed by atoms with Crippen molar-refractivity contribution in [1.82, 2.24) is 4.31 Å². The van der Waals surface area contributed by atoms with E-state index in [0.29, 0.717) is 25.1 Å². The molecule has 1 heterocycles. The van der Waals surface area contributed by atoms with Gasteiger partial charge in [0.25, 0.3) is 0 Å². The molecule has 0 aromatic heterocycles. The number of carboxylic acids is 1. The minimum absolute atomic E-state index is 0.0322. The molecule has 1 fully saturated rings. The van der Waals surface area contributed by atoms with E-state index < -0.39 is 33.6 Å². The van der Waals surface area contributed by atoms with Crippen LogP contribution in [0.5, 0.6) is 0 Å². The molecule has 1 aromatic carbocycles. The predicted octanol–water partition coefficient (Wildman–Crippen LogP) is 2.52. The first kappa shape index (κ1) is 20.2. The number of sulfonamides is 1. The number of hydrogen-bond donors (Lipinski definition) is 2. The lowest BCUT2D eigenvalue weighted by molar-refractivity contribution is -0.142. The summed E-state index contributed by atoms with van der Waals surface area (Å²) in [5.41, 5.74) is -0.234. The molecular weight excluding hydrogens is 360 g/mol. The van der Waals surface area contributed by atoms with Gasteiger partial charge in [0.05, 0.1) is 10.8 Å². The molecule has 0 radical (unpaired) electrons. The second-order valence-electron chi connectivity index (χ2n) is 7.19. The van der Waals surface area contributed by atoms with Crippen molar-refractivity contribution in [2.45, 2.75) is 44.1 Å². The van der Waals surface area contributed by atoms with Crippen LogP contribution in [0.25, 0.3) is 0 Å². The maximum Gasteiger partial charge on any atom is 0.412 e. The van der Waals surface area contributed by atoms with Gasteiger partial charge in [-0.25, -0.2) is 13.2 Å². The Bertz CT molecular complexity index is 767. The zero-order valence-electron chi connectivity index (χ0n) is 15.1. The Morgan fingerprint density at radius 1 is 1.23 bits per heavy atom. The summed E-state index contributed by atoms with van der Waals surface area (Å²) in [5, 5.41) is 11.7. The number of rotatable bonds is 4. The number of aliphatic carboxylic acids is 1. The van der Waals surface area contributed by atoms with E-state index in [2.05, 4.69) is 5.32 Å². The number of anilines is 1. The van der Waals surface area contributed by atoms with Crippen molar-refractivity contribution >= 4 is 27.8 Å². The Labute approximate surface area is 153 Å². The summed E-state index contributed by atoms with van der Waals surface area (Å²) in [6.07, 6.45) is 0.350. The van der Waals surface area contributed by atoms with E-state index in [-0.39, 0.29) is 11.4 Å². The van der Waals surface area contributed by atoms with Crippen molar-refractivity contribution < 1.29 is 27.9 Å². The number of amides is 1. The van der Waals surface area contributed by atoms with Gasteiger partial charge in [0, 0.05) is 18.8 Å². The molecule has 1 atom stereocenters. The van der Waals surface area contributed by atoms with Crippen LogP contribution in [-0.2, 0) is 19.6 Å². The summed E-state index contributed by atoms with van der Waals surface area (Å²) in [4.78, 5) is 22.9. The number of piperidine rings is 1. The normalized spacial score (nSPS) is 19.0. The monoisotopic (exact) mass is 384 g/mol. The summed E-state index contributed by atoms with van der Waals surface area (Å²) in [6, 6.07) is 5.70. The quantitative estimate of drug-likeness (QED) is 0.825. The summed E-state index contributed by atoms with van der Waals surface area (Å²) in [6.45, 7) is 5.49. The molecule has 2 N–H and O–H groups in total. The molecule has 0 aliphatic carbocycles. The van der Waals surface area contributed by atoms with Crippen LogP contribution in [0.1, 0.15) is 33.6 Å². The van der Waals surface area contributed by atoms with Crippen LogP contribution in [0.2, 0.25) is 0 Å². The van der Waals surface area contributed by atoms with E-state index >= 15 is 0 Å². The van der Waals surface area contributed by atoms with Crippen LogP contribution < -0.4 is 5.32 Å². The Hall–Kier alpha value is -2.13. The lowest BCUT2D eigenvalue weighted by atomic mass is 10.0. The van der Waals surface area contributed by atoms with Gasteiger partial charge in [-0.15, -0.1) is 0 Å². The fourth-order valence-electron chi connectivity index (χ4n) is 2.64. The van der Waals surface area contributed by atoms with E-state index in [1.54, 1.807) is 20.8 Å². The number of benzene rings is 1. The minimum Gasteiger partial charge on any atom is -0.481 e. The van der Waals surface area contributed by atoms with Crippen LogP contribution in [0.15, 0.2) is 29.2 Å². The zero-order valence-corrected chi connectivity index (χ0v) is 15.9. The first-order valence-electron chi connectivity index (χ1n) is 8.32. The summed E-state index contributed by atoms with van der Waals surface area (Å²) >= 11 is 0. The molecule has 1 aliphatic rings. The molecule has 0 bridgehead atoms. The SMILES string of the molecule is CC(C)(C)OC(=O)Nc1ccc(S(=O)(=O)N2CCCC(C(=O)O)C2)cc1. The highest BCUT2D eigenvalue weighted by Crippen LogP contribution is 2.25. The maximum absolute atomic E-state index is 12.7. The molecule has 2 rings (SSSR count). The average Bonchev–Trinajstić information content (AvgIpc) is 2.53. The topological polar surface area (TPSA) is 113 Å². The van der Waals surface area contributed by atoms with Crippen molar-refractivity contribution in [2.75, 3.05) is 18.4 Å². The van der Waals surface area contributed by atoms with Gasteiger partial charge < -0.3 is 9.84 Å². The highest BCUT2D eigenvalue weighted by Gasteiger charge is 2.33. The molecule has 1 aromatic rings. The molecule has 1 unspecified atom stereocenters. The number of ether oxygens (including phenoxy) is 1. The van der Waals surface area contributed by atoms with Gasteiger partial charge in [0.2, 0.25) is 10.0 Å². The zero-order chi connectivity index (χ0) is 19.5. The van der Waals surface area contributed by atoms with E-state index in [1.807, 2.05) is 0 Å². The van der Waals surface area contributed by atoms with E-state index in [0.717, 1.165) is 0 Å². The highest BCUT2D eigenvalue weighted by atomic mass is 32.2. The molecular formula is C17H24N2O6S. The molecule has 144 valence electrons.